The molecule has 1 N–H and O–H groups in total. The number of sulfone groups is 1. The fourth-order valence-electron chi connectivity index (χ4n) is 3.31. The Balaban J connectivity index is 2.88. The van der Waals surface area contributed by atoms with Crippen molar-refractivity contribution in [3.63, 3.8) is 0 Å². The van der Waals surface area contributed by atoms with E-state index in [1.807, 2.05) is 6.92 Å². The smallest absolute Gasteiger partial charge is 0.154 e. The summed E-state index contributed by atoms with van der Waals surface area (Å²) < 4.78 is 25.2. The highest BCUT2D eigenvalue weighted by molar-refractivity contribution is 7.92. The van der Waals surface area contributed by atoms with Crippen LogP contribution in [0.15, 0.2) is 0 Å². The molecule has 0 amide bonds. The van der Waals surface area contributed by atoms with Crippen LogP contribution in [0.4, 0.5) is 0 Å². The van der Waals surface area contributed by atoms with E-state index in [4.69, 9.17) is 0 Å². The van der Waals surface area contributed by atoms with E-state index in [9.17, 15) is 8.42 Å². The predicted octanol–water partition coefficient (Wildman–Crippen LogP) is 3.39. The zero-order chi connectivity index (χ0) is 15.4. The minimum atomic E-state index is -2.97. The van der Waals surface area contributed by atoms with Gasteiger partial charge in [0.15, 0.2) is 9.84 Å². The Labute approximate surface area is 125 Å². The van der Waals surface area contributed by atoms with Crippen LogP contribution in [0.5, 0.6) is 0 Å². The lowest BCUT2D eigenvalue weighted by Gasteiger charge is -2.41. The topological polar surface area (TPSA) is 46.2 Å². The summed E-state index contributed by atoms with van der Waals surface area (Å²) in [4.78, 5) is 0. The summed E-state index contributed by atoms with van der Waals surface area (Å²) in [6.07, 6.45) is 4.74. The van der Waals surface area contributed by atoms with Gasteiger partial charge in [0.25, 0.3) is 0 Å². The number of hydrogen-bond donors (Lipinski definition) is 1. The Kier molecular flexibility index (Phi) is 6.52. The van der Waals surface area contributed by atoms with Crippen LogP contribution in [0.25, 0.3) is 0 Å². The molecule has 0 aliphatic heterocycles. The number of nitrogens with one attached hydrogen (secondary N) is 1. The van der Waals surface area contributed by atoms with Crippen LogP contribution in [-0.4, -0.2) is 32.0 Å². The Morgan fingerprint density at radius 2 is 1.75 bits per heavy atom. The lowest BCUT2D eigenvalue weighted by atomic mass is 9.71. The van der Waals surface area contributed by atoms with Crippen molar-refractivity contribution in [3.8, 4) is 0 Å². The third kappa shape index (κ3) is 4.73. The summed E-state index contributed by atoms with van der Waals surface area (Å²) in [6.45, 7) is 11.7. The van der Waals surface area contributed by atoms with E-state index in [1.165, 1.54) is 0 Å². The number of rotatable bonds is 6. The molecule has 0 bridgehead atoms. The van der Waals surface area contributed by atoms with Crippen molar-refractivity contribution >= 4 is 9.84 Å². The lowest BCUT2D eigenvalue weighted by Crippen LogP contribution is -2.50. The molecule has 20 heavy (non-hydrogen) atoms. The van der Waals surface area contributed by atoms with Gasteiger partial charge in [-0.05, 0) is 50.0 Å². The average molecular weight is 304 g/mol. The molecule has 1 rings (SSSR count). The molecule has 0 aromatic carbocycles. The largest absolute Gasteiger partial charge is 0.313 e. The van der Waals surface area contributed by atoms with Crippen LogP contribution >= 0.6 is 0 Å². The highest BCUT2D eigenvalue weighted by Gasteiger charge is 2.41. The Hall–Kier alpha value is -0.0900. The SMILES string of the molecule is CCCNC1CCC(C(C)(C)C)CC1S(=O)(=O)CCC. The molecule has 1 aliphatic rings. The quantitative estimate of drug-likeness (QED) is 0.818. The average Bonchev–Trinajstić information content (AvgIpc) is 2.35. The van der Waals surface area contributed by atoms with Gasteiger partial charge in [-0.15, -0.1) is 0 Å². The second kappa shape index (κ2) is 7.26. The van der Waals surface area contributed by atoms with E-state index in [2.05, 4.69) is 33.0 Å². The highest BCUT2D eigenvalue weighted by Crippen LogP contribution is 2.40. The third-order valence-corrected chi connectivity index (χ3v) is 7.04. The summed E-state index contributed by atoms with van der Waals surface area (Å²) in [5, 5.41) is 3.29. The van der Waals surface area contributed by atoms with Gasteiger partial charge in [0.2, 0.25) is 0 Å². The van der Waals surface area contributed by atoms with Gasteiger partial charge in [0.05, 0.1) is 11.0 Å². The lowest BCUT2D eigenvalue weighted by molar-refractivity contribution is 0.162. The molecule has 0 saturated heterocycles. The molecule has 3 atom stereocenters. The molecule has 0 radical (unpaired) electrons. The fraction of sp³-hybridized carbons (Fsp3) is 1.00. The van der Waals surface area contributed by atoms with Crippen molar-refractivity contribution in [2.45, 2.75) is 78.0 Å². The van der Waals surface area contributed by atoms with Gasteiger partial charge >= 0.3 is 0 Å². The maximum atomic E-state index is 12.6. The molecule has 0 aromatic heterocycles. The van der Waals surface area contributed by atoms with Crippen LogP contribution in [0.1, 0.15) is 66.7 Å². The molecular weight excluding hydrogens is 270 g/mol. The normalized spacial score (nSPS) is 28.6. The molecular formula is C16H33NO2S. The van der Waals surface area contributed by atoms with Crippen LogP contribution < -0.4 is 5.32 Å². The van der Waals surface area contributed by atoms with E-state index >= 15 is 0 Å². The summed E-state index contributed by atoms with van der Waals surface area (Å²) in [6, 6.07) is 0.157. The molecule has 1 fully saturated rings. The Morgan fingerprint density at radius 1 is 1.10 bits per heavy atom. The second-order valence-corrected chi connectivity index (χ2v) is 9.68. The zero-order valence-corrected chi connectivity index (χ0v) is 14.7. The van der Waals surface area contributed by atoms with E-state index in [-0.39, 0.29) is 16.7 Å². The van der Waals surface area contributed by atoms with Crippen molar-refractivity contribution in [2.24, 2.45) is 11.3 Å². The van der Waals surface area contributed by atoms with Gasteiger partial charge in [-0.1, -0.05) is 34.6 Å². The second-order valence-electron chi connectivity index (χ2n) is 7.34. The van der Waals surface area contributed by atoms with Gasteiger partial charge in [0, 0.05) is 6.04 Å². The minimum Gasteiger partial charge on any atom is -0.313 e. The van der Waals surface area contributed by atoms with Gasteiger partial charge in [0.1, 0.15) is 0 Å². The zero-order valence-electron chi connectivity index (χ0n) is 13.9. The Morgan fingerprint density at radius 3 is 2.25 bits per heavy atom. The highest BCUT2D eigenvalue weighted by atomic mass is 32.2. The summed E-state index contributed by atoms with van der Waals surface area (Å²) in [5.41, 5.74) is 0.204. The molecule has 0 heterocycles. The minimum absolute atomic E-state index is 0.157. The fourth-order valence-corrected chi connectivity index (χ4v) is 5.44. The summed E-state index contributed by atoms with van der Waals surface area (Å²) in [5.74, 6) is 0.845. The van der Waals surface area contributed by atoms with Gasteiger partial charge in [-0.2, -0.15) is 0 Å². The summed E-state index contributed by atoms with van der Waals surface area (Å²) >= 11 is 0. The molecule has 3 unspecified atom stereocenters. The number of hydrogen-bond acceptors (Lipinski definition) is 3. The molecule has 0 spiro atoms. The van der Waals surface area contributed by atoms with E-state index in [1.54, 1.807) is 0 Å². The van der Waals surface area contributed by atoms with Gasteiger partial charge in [-0.3, -0.25) is 0 Å². The Bertz CT molecular complexity index is 384. The maximum absolute atomic E-state index is 12.6. The molecule has 120 valence electrons. The van der Waals surface area contributed by atoms with Crippen molar-refractivity contribution in [3.05, 3.63) is 0 Å². The van der Waals surface area contributed by atoms with Crippen molar-refractivity contribution in [2.75, 3.05) is 12.3 Å². The first-order chi connectivity index (χ1) is 9.22. The first-order valence-electron chi connectivity index (χ1n) is 8.17. The van der Waals surface area contributed by atoms with Gasteiger partial charge in [-0.25, -0.2) is 8.42 Å². The molecule has 4 heteroatoms. The van der Waals surface area contributed by atoms with Crippen LogP contribution in [0, 0.1) is 11.3 Å². The standard InChI is InChI=1S/C16H33NO2S/c1-6-10-17-14-9-8-13(16(3,4)5)12-15(14)20(18,19)11-7-2/h13-15,17H,6-12H2,1-5H3. The van der Waals surface area contributed by atoms with Crippen molar-refractivity contribution < 1.29 is 8.42 Å². The van der Waals surface area contributed by atoms with E-state index in [0.717, 1.165) is 38.6 Å². The summed E-state index contributed by atoms with van der Waals surface area (Å²) in [7, 11) is -2.97. The van der Waals surface area contributed by atoms with Crippen LogP contribution in [0.3, 0.4) is 0 Å². The molecule has 0 aromatic rings. The van der Waals surface area contributed by atoms with Gasteiger partial charge < -0.3 is 5.32 Å². The molecule has 1 saturated carbocycles. The van der Waals surface area contributed by atoms with E-state index in [0.29, 0.717) is 11.7 Å². The first-order valence-corrected chi connectivity index (χ1v) is 9.88. The van der Waals surface area contributed by atoms with Crippen molar-refractivity contribution in [1.82, 2.24) is 5.32 Å². The van der Waals surface area contributed by atoms with Crippen LogP contribution in [0.2, 0.25) is 0 Å². The molecule has 1 aliphatic carbocycles. The van der Waals surface area contributed by atoms with Crippen molar-refractivity contribution in [1.29, 1.82) is 0 Å². The first kappa shape index (κ1) is 18.0. The monoisotopic (exact) mass is 303 g/mol. The third-order valence-electron chi connectivity index (χ3n) is 4.62. The van der Waals surface area contributed by atoms with Crippen LogP contribution in [-0.2, 0) is 9.84 Å². The molecule has 3 nitrogen and oxygen atoms in total. The van der Waals surface area contributed by atoms with E-state index < -0.39 is 9.84 Å². The predicted molar refractivity (Wildman–Crippen MR) is 86.7 cm³/mol. The maximum Gasteiger partial charge on any atom is 0.154 e.